The lowest BCUT2D eigenvalue weighted by Gasteiger charge is -2.17. The number of aliphatic hydroxyl groups excluding tert-OH is 1. The molecule has 2 N–H and O–H groups in total. The predicted molar refractivity (Wildman–Crippen MR) is 80.2 cm³/mol. The minimum atomic E-state index is -0.544. The molecule has 1 amide bonds. The predicted octanol–water partition coefficient (Wildman–Crippen LogP) is 1.41. The highest BCUT2D eigenvalue weighted by molar-refractivity contribution is 5.90. The van der Waals surface area contributed by atoms with Crippen LogP contribution < -0.4 is 15.0 Å². The quantitative estimate of drug-likeness (QED) is 0.792. The van der Waals surface area contributed by atoms with E-state index in [1.54, 1.807) is 24.1 Å². The molecular formula is C15H24N2O3. The van der Waals surface area contributed by atoms with Crippen LogP contribution in [0.25, 0.3) is 0 Å². The number of hydrogen-bond donors (Lipinski definition) is 2. The number of amides is 1. The number of nitrogens with one attached hydrogen (secondary N) is 1. The van der Waals surface area contributed by atoms with Crippen molar-refractivity contribution >= 4 is 11.6 Å². The van der Waals surface area contributed by atoms with E-state index >= 15 is 0 Å². The van der Waals surface area contributed by atoms with Gasteiger partial charge in [0.1, 0.15) is 18.5 Å². The third kappa shape index (κ3) is 5.59. The van der Waals surface area contributed by atoms with Gasteiger partial charge in [0.05, 0.1) is 0 Å². The summed E-state index contributed by atoms with van der Waals surface area (Å²) in [6.45, 7) is 6.31. The summed E-state index contributed by atoms with van der Waals surface area (Å²) >= 11 is 0. The van der Waals surface area contributed by atoms with Crippen molar-refractivity contribution in [3.05, 3.63) is 24.3 Å². The highest BCUT2D eigenvalue weighted by Gasteiger charge is 2.07. The van der Waals surface area contributed by atoms with Gasteiger partial charge in [0.15, 0.2) is 0 Å². The Morgan fingerprint density at radius 1 is 1.35 bits per heavy atom. The van der Waals surface area contributed by atoms with Crippen LogP contribution in [0.4, 0.5) is 5.69 Å². The minimum absolute atomic E-state index is 0.0196. The number of ether oxygens (including phenoxy) is 1. The van der Waals surface area contributed by atoms with E-state index in [0.29, 0.717) is 18.3 Å². The molecule has 1 aromatic rings. The van der Waals surface area contributed by atoms with E-state index in [1.807, 2.05) is 26.0 Å². The zero-order chi connectivity index (χ0) is 15.1. The number of rotatable bonds is 7. The van der Waals surface area contributed by atoms with Gasteiger partial charge in [0, 0.05) is 32.2 Å². The van der Waals surface area contributed by atoms with E-state index in [-0.39, 0.29) is 12.5 Å². The molecule has 0 spiro atoms. The van der Waals surface area contributed by atoms with E-state index < -0.39 is 6.10 Å². The van der Waals surface area contributed by atoms with Crippen LogP contribution in [0.1, 0.15) is 20.8 Å². The fraction of sp³-hybridized carbons (Fsp3) is 0.533. The molecule has 0 bridgehead atoms. The number of carbonyl (C=O) groups excluding carboxylic acids is 1. The molecule has 0 fully saturated rings. The third-order valence-electron chi connectivity index (χ3n) is 2.90. The number of benzene rings is 1. The molecule has 0 heterocycles. The third-order valence-corrected chi connectivity index (χ3v) is 2.90. The van der Waals surface area contributed by atoms with E-state index in [1.165, 1.54) is 6.92 Å². The Balaban J connectivity index is 2.44. The standard InChI is InChI=1S/C15H24N2O3/c1-11(2)16-9-14(19)10-20-15-7-5-13(6-8-15)17(4)12(3)18/h5-8,11,14,16,19H,9-10H2,1-4H3. The molecule has 5 heteroatoms. The van der Waals surface area contributed by atoms with Gasteiger partial charge in [-0.25, -0.2) is 0 Å². The lowest BCUT2D eigenvalue weighted by atomic mass is 10.2. The Labute approximate surface area is 120 Å². The van der Waals surface area contributed by atoms with E-state index in [2.05, 4.69) is 5.32 Å². The maximum absolute atomic E-state index is 11.2. The zero-order valence-corrected chi connectivity index (χ0v) is 12.6. The Bertz CT molecular complexity index is 418. The van der Waals surface area contributed by atoms with Gasteiger partial charge in [-0.15, -0.1) is 0 Å². The van der Waals surface area contributed by atoms with Gasteiger partial charge in [-0.3, -0.25) is 4.79 Å². The number of aliphatic hydroxyl groups is 1. The SMILES string of the molecule is CC(=O)N(C)c1ccc(OCC(O)CNC(C)C)cc1. The summed E-state index contributed by atoms with van der Waals surface area (Å²) in [6.07, 6.45) is -0.544. The van der Waals surface area contributed by atoms with Crippen LogP contribution >= 0.6 is 0 Å². The van der Waals surface area contributed by atoms with Gasteiger partial charge in [0.25, 0.3) is 0 Å². The van der Waals surface area contributed by atoms with Crippen molar-refractivity contribution in [2.24, 2.45) is 0 Å². The van der Waals surface area contributed by atoms with E-state index in [9.17, 15) is 9.90 Å². The number of nitrogens with zero attached hydrogens (tertiary/aromatic N) is 1. The topological polar surface area (TPSA) is 61.8 Å². The summed E-state index contributed by atoms with van der Waals surface area (Å²) in [6, 6.07) is 7.55. The molecule has 0 aliphatic rings. The number of anilines is 1. The smallest absolute Gasteiger partial charge is 0.223 e. The van der Waals surface area contributed by atoms with Crippen LogP contribution in [-0.2, 0) is 4.79 Å². The summed E-state index contributed by atoms with van der Waals surface area (Å²) in [5, 5.41) is 12.9. The second-order valence-electron chi connectivity index (χ2n) is 5.10. The summed E-state index contributed by atoms with van der Waals surface area (Å²) in [5.74, 6) is 0.656. The first-order valence-corrected chi connectivity index (χ1v) is 6.78. The van der Waals surface area contributed by atoms with Crippen LogP contribution in [0.15, 0.2) is 24.3 Å². The summed E-state index contributed by atoms with van der Waals surface area (Å²) in [5.41, 5.74) is 0.812. The normalized spacial score (nSPS) is 12.3. The highest BCUT2D eigenvalue weighted by atomic mass is 16.5. The second-order valence-corrected chi connectivity index (χ2v) is 5.10. The lowest BCUT2D eigenvalue weighted by Crippen LogP contribution is -2.35. The minimum Gasteiger partial charge on any atom is -0.491 e. The fourth-order valence-corrected chi connectivity index (χ4v) is 1.57. The molecule has 112 valence electrons. The van der Waals surface area contributed by atoms with E-state index in [0.717, 1.165) is 5.69 Å². The summed E-state index contributed by atoms with van der Waals surface area (Å²) < 4.78 is 5.50. The first kappa shape index (κ1) is 16.5. The molecular weight excluding hydrogens is 256 g/mol. The molecule has 5 nitrogen and oxygen atoms in total. The van der Waals surface area contributed by atoms with Crippen LogP contribution in [0.2, 0.25) is 0 Å². The van der Waals surface area contributed by atoms with E-state index in [4.69, 9.17) is 4.74 Å². The summed E-state index contributed by atoms with van der Waals surface area (Å²) in [4.78, 5) is 12.8. The van der Waals surface area contributed by atoms with Crippen molar-refractivity contribution < 1.29 is 14.6 Å². The first-order valence-electron chi connectivity index (χ1n) is 6.78. The van der Waals surface area contributed by atoms with Crippen molar-refractivity contribution in [2.75, 3.05) is 25.1 Å². The van der Waals surface area contributed by atoms with Crippen molar-refractivity contribution in [1.29, 1.82) is 0 Å². The molecule has 20 heavy (non-hydrogen) atoms. The van der Waals surface area contributed by atoms with Crippen molar-refractivity contribution in [1.82, 2.24) is 5.32 Å². The molecule has 0 saturated heterocycles. The number of carbonyl (C=O) groups is 1. The monoisotopic (exact) mass is 280 g/mol. The van der Waals surface area contributed by atoms with Crippen LogP contribution in [0, 0.1) is 0 Å². The molecule has 0 saturated carbocycles. The zero-order valence-electron chi connectivity index (χ0n) is 12.6. The number of hydrogen-bond acceptors (Lipinski definition) is 4. The Hall–Kier alpha value is -1.59. The fourth-order valence-electron chi connectivity index (χ4n) is 1.57. The Kier molecular flexibility index (Phi) is 6.48. The van der Waals surface area contributed by atoms with Crippen LogP contribution in [-0.4, -0.2) is 43.4 Å². The Morgan fingerprint density at radius 3 is 2.45 bits per heavy atom. The maximum Gasteiger partial charge on any atom is 0.223 e. The average molecular weight is 280 g/mol. The van der Waals surface area contributed by atoms with Gasteiger partial charge in [-0.05, 0) is 24.3 Å². The molecule has 1 unspecified atom stereocenters. The van der Waals surface area contributed by atoms with Gasteiger partial charge in [-0.2, -0.15) is 0 Å². The van der Waals surface area contributed by atoms with Gasteiger partial charge >= 0.3 is 0 Å². The van der Waals surface area contributed by atoms with Crippen molar-refractivity contribution in [3.63, 3.8) is 0 Å². The average Bonchev–Trinajstić information content (AvgIpc) is 2.42. The molecule has 0 aliphatic carbocycles. The summed E-state index contributed by atoms with van der Waals surface area (Å²) in [7, 11) is 1.72. The highest BCUT2D eigenvalue weighted by Crippen LogP contribution is 2.18. The molecule has 0 radical (unpaired) electrons. The largest absolute Gasteiger partial charge is 0.491 e. The Morgan fingerprint density at radius 2 is 1.95 bits per heavy atom. The molecule has 1 atom stereocenters. The molecule has 1 rings (SSSR count). The maximum atomic E-state index is 11.2. The van der Waals surface area contributed by atoms with Crippen molar-refractivity contribution in [2.45, 2.75) is 32.9 Å². The van der Waals surface area contributed by atoms with Gasteiger partial charge in [0.2, 0.25) is 5.91 Å². The lowest BCUT2D eigenvalue weighted by molar-refractivity contribution is -0.116. The van der Waals surface area contributed by atoms with Crippen LogP contribution in [0.3, 0.4) is 0 Å². The first-order chi connectivity index (χ1) is 9.40. The molecule has 1 aromatic carbocycles. The van der Waals surface area contributed by atoms with Gasteiger partial charge < -0.3 is 20.1 Å². The van der Waals surface area contributed by atoms with Crippen LogP contribution in [0.5, 0.6) is 5.75 Å². The molecule has 0 aromatic heterocycles. The second kappa shape index (κ2) is 7.87. The van der Waals surface area contributed by atoms with Crippen molar-refractivity contribution in [3.8, 4) is 5.75 Å². The molecule has 0 aliphatic heterocycles. The van der Waals surface area contributed by atoms with Gasteiger partial charge in [-0.1, -0.05) is 13.8 Å².